The highest BCUT2D eigenvalue weighted by molar-refractivity contribution is 6.30. The predicted molar refractivity (Wildman–Crippen MR) is 62.7 cm³/mol. The van der Waals surface area contributed by atoms with Gasteiger partial charge in [0, 0.05) is 5.02 Å². The van der Waals surface area contributed by atoms with Gasteiger partial charge in [0.2, 0.25) is 0 Å². The summed E-state index contributed by atoms with van der Waals surface area (Å²) in [5.41, 5.74) is 1.32. The SMILES string of the molecule is Cc1ccccc1.Clc1ccc([IH+])cc1. The van der Waals surface area contributed by atoms with Crippen molar-refractivity contribution in [2.24, 2.45) is 0 Å². The highest BCUT2D eigenvalue weighted by Crippen LogP contribution is 2.03. The van der Waals surface area contributed by atoms with Crippen LogP contribution in [0.1, 0.15) is 5.56 Å². The number of benzene rings is 2. The van der Waals surface area contributed by atoms with Gasteiger partial charge in [-0.05, 0) is 31.2 Å². The summed E-state index contributed by atoms with van der Waals surface area (Å²) in [6.07, 6.45) is 0. The molecule has 0 nitrogen and oxygen atoms in total. The first-order chi connectivity index (χ1) is 7.18. The van der Waals surface area contributed by atoms with Crippen LogP contribution in [0.4, 0.5) is 0 Å². The van der Waals surface area contributed by atoms with Crippen molar-refractivity contribution in [2.45, 2.75) is 6.92 Å². The fraction of sp³-hybridized carbons (Fsp3) is 0.0769. The molecule has 0 amide bonds. The van der Waals surface area contributed by atoms with Crippen LogP contribution in [0.5, 0.6) is 0 Å². The van der Waals surface area contributed by atoms with Crippen LogP contribution in [0.2, 0.25) is 5.02 Å². The van der Waals surface area contributed by atoms with Crippen LogP contribution in [0, 0.1) is 10.5 Å². The second kappa shape index (κ2) is 6.85. The van der Waals surface area contributed by atoms with Crippen molar-refractivity contribution in [3.63, 3.8) is 0 Å². The zero-order valence-electron chi connectivity index (χ0n) is 8.48. The lowest BCUT2D eigenvalue weighted by Gasteiger charge is -1.82. The van der Waals surface area contributed by atoms with Crippen molar-refractivity contribution in [2.75, 3.05) is 0 Å². The summed E-state index contributed by atoms with van der Waals surface area (Å²) in [5.74, 6) is 0. The van der Waals surface area contributed by atoms with Gasteiger partial charge in [-0.3, -0.25) is 0 Å². The quantitative estimate of drug-likeness (QED) is 0.626. The van der Waals surface area contributed by atoms with Crippen molar-refractivity contribution >= 4 is 11.6 Å². The standard InChI is InChI=1S/C7H8.C6H5ClI/c1-7-5-3-2-4-6-7;7-5-1-3-6(8)4-2-5/h2-6H,1H3;1-4,8H/q;+1. The van der Waals surface area contributed by atoms with Crippen molar-refractivity contribution in [1.82, 2.24) is 0 Å². The molecule has 15 heavy (non-hydrogen) atoms. The Kier molecular flexibility index (Phi) is 5.73. The van der Waals surface area contributed by atoms with Gasteiger partial charge < -0.3 is 0 Å². The fourth-order valence-corrected chi connectivity index (χ4v) is 1.48. The minimum atomic E-state index is 0.803. The van der Waals surface area contributed by atoms with Crippen LogP contribution in [0.15, 0.2) is 54.6 Å². The van der Waals surface area contributed by atoms with Crippen LogP contribution < -0.4 is 22.6 Å². The summed E-state index contributed by atoms with van der Waals surface area (Å²) >= 11 is 7.58. The largest absolute Gasteiger partial charge is 0.296 e. The summed E-state index contributed by atoms with van der Waals surface area (Å²) in [6.45, 7) is 2.08. The Morgan fingerprint density at radius 2 is 1.40 bits per heavy atom. The Hall–Kier alpha value is -0.540. The van der Waals surface area contributed by atoms with Crippen LogP contribution >= 0.6 is 11.6 Å². The first kappa shape index (κ1) is 12.5. The average Bonchev–Trinajstić information content (AvgIpc) is 2.25. The molecule has 2 aromatic rings. The lowest BCUT2D eigenvalue weighted by Crippen LogP contribution is -3.34. The van der Waals surface area contributed by atoms with E-state index in [0.29, 0.717) is 0 Å². The number of hydrogen-bond acceptors (Lipinski definition) is 0. The van der Waals surface area contributed by atoms with E-state index >= 15 is 0 Å². The van der Waals surface area contributed by atoms with E-state index in [1.165, 1.54) is 9.13 Å². The Labute approximate surface area is 109 Å². The third kappa shape index (κ3) is 5.80. The van der Waals surface area contributed by atoms with E-state index in [1.54, 1.807) is 0 Å². The Morgan fingerprint density at radius 1 is 0.867 bits per heavy atom. The molecule has 0 unspecified atom stereocenters. The molecule has 2 aromatic carbocycles. The molecule has 0 fully saturated rings. The van der Waals surface area contributed by atoms with Gasteiger partial charge in [0.15, 0.2) is 3.57 Å². The lowest BCUT2D eigenvalue weighted by molar-refractivity contribution is -0.328. The molecule has 2 rings (SSSR count). The van der Waals surface area contributed by atoms with Crippen molar-refractivity contribution < 1.29 is 22.6 Å². The third-order valence-corrected chi connectivity index (χ3v) is 2.78. The van der Waals surface area contributed by atoms with Gasteiger partial charge in [0.1, 0.15) is 0 Å². The second-order valence-electron chi connectivity index (χ2n) is 3.11. The van der Waals surface area contributed by atoms with Gasteiger partial charge >= 0.3 is 0 Å². The van der Waals surface area contributed by atoms with Gasteiger partial charge in [0.05, 0.1) is 0 Å². The molecular formula is C13H13ClI+. The third-order valence-electron chi connectivity index (χ3n) is 1.75. The maximum atomic E-state index is 5.61. The smallest absolute Gasteiger partial charge is 0.0843 e. The van der Waals surface area contributed by atoms with E-state index in [2.05, 4.69) is 19.1 Å². The zero-order chi connectivity index (χ0) is 11.1. The molecule has 78 valence electrons. The summed E-state index contributed by atoms with van der Waals surface area (Å²) in [7, 11) is 0. The van der Waals surface area contributed by atoms with E-state index < -0.39 is 0 Å². The molecule has 0 N–H and O–H groups in total. The monoisotopic (exact) mass is 331 g/mol. The molecule has 0 aliphatic rings. The Morgan fingerprint density at radius 3 is 1.73 bits per heavy atom. The molecule has 0 aliphatic carbocycles. The summed E-state index contributed by atoms with van der Waals surface area (Å²) < 4.78 is 1.25. The number of halogens is 2. The van der Waals surface area contributed by atoms with Crippen molar-refractivity contribution in [3.05, 3.63) is 68.8 Å². The number of aryl methyl sites for hydroxylation is 1. The topological polar surface area (TPSA) is 0 Å². The summed E-state index contributed by atoms with van der Waals surface area (Å²) in [5, 5.41) is 0.803. The minimum Gasteiger partial charge on any atom is -0.0843 e. The lowest BCUT2D eigenvalue weighted by atomic mass is 10.2. The van der Waals surface area contributed by atoms with Crippen LogP contribution in [0.3, 0.4) is 0 Å². The maximum absolute atomic E-state index is 5.61. The maximum Gasteiger partial charge on any atom is 0.296 e. The predicted octanol–water partition coefficient (Wildman–Crippen LogP) is 0.790. The molecular weight excluding hydrogens is 318 g/mol. The first-order valence-corrected chi connectivity index (χ1v) is 6.17. The Bertz CT molecular complexity index is 360. The highest BCUT2D eigenvalue weighted by atomic mass is 127. The van der Waals surface area contributed by atoms with Gasteiger partial charge in [-0.25, -0.2) is 0 Å². The van der Waals surface area contributed by atoms with Crippen molar-refractivity contribution in [3.8, 4) is 0 Å². The Balaban J connectivity index is 0.000000151. The number of rotatable bonds is 0. The molecule has 0 aliphatic heterocycles. The van der Waals surface area contributed by atoms with Gasteiger partial charge in [-0.2, -0.15) is 0 Å². The fourth-order valence-electron chi connectivity index (χ4n) is 0.969. The van der Waals surface area contributed by atoms with Crippen LogP contribution in [-0.4, -0.2) is 0 Å². The molecule has 0 saturated carbocycles. The van der Waals surface area contributed by atoms with Crippen LogP contribution in [0.25, 0.3) is 0 Å². The van der Waals surface area contributed by atoms with Crippen molar-refractivity contribution in [1.29, 1.82) is 0 Å². The molecule has 0 heterocycles. The van der Waals surface area contributed by atoms with Gasteiger partial charge in [-0.15, -0.1) is 0 Å². The average molecular weight is 332 g/mol. The first-order valence-electron chi connectivity index (χ1n) is 4.63. The molecule has 0 saturated heterocycles. The van der Waals surface area contributed by atoms with E-state index in [9.17, 15) is 0 Å². The molecule has 2 heteroatoms. The molecule has 0 spiro atoms. The van der Waals surface area contributed by atoms with E-state index in [0.717, 1.165) is 5.02 Å². The van der Waals surface area contributed by atoms with Gasteiger partial charge in [0.25, 0.3) is 22.6 Å². The van der Waals surface area contributed by atoms with E-state index in [1.807, 2.05) is 65.1 Å². The molecule has 0 atom stereocenters. The van der Waals surface area contributed by atoms with E-state index in [4.69, 9.17) is 11.6 Å². The van der Waals surface area contributed by atoms with E-state index in [-0.39, 0.29) is 0 Å². The normalized spacial score (nSPS) is 9.00. The summed E-state index contributed by atoms with van der Waals surface area (Å²) in [4.78, 5) is 0. The van der Waals surface area contributed by atoms with Gasteiger partial charge in [-0.1, -0.05) is 47.5 Å². The second-order valence-corrected chi connectivity index (χ2v) is 4.89. The molecule has 0 bridgehead atoms. The zero-order valence-corrected chi connectivity index (χ0v) is 11.6. The highest BCUT2D eigenvalue weighted by Gasteiger charge is 1.91. The minimum absolute atomic E-state index is 0.803. The number of hydrogen-bond donors (Lipinski definition) is 0. The van der Waals surface area contributed by atoms with Crippen LogP contribution in [-0.2, 0) is 0 Å². The summed E-state index contributed by atoms with van der Waals surface area (Å²) in [6, 6.07) is 18.0. The molecule has 0 radical (unpaired) electrons. The molecule has 0 aromatic heterocycles.